The quantitative estimate of drug-likeness (QED) is 0.791. The van der Waals surface area contributed by atoms with Gasteiger partial charge in [0, 0.05) is 42.1 Å². The molecule has 0 radical (unpaired) electrons. The van der Waals surface area contributed by atoms with Gasteiger partial charge in [-0.05, 0) is 62.3 Å². The number of nitrogens with one attached hydrogen (secondary N) is 1. The fourth-order valence-corrected chi connectivity index (χ4v) is 4.15. The van der Waals surface area contributed by atoms with Crippen molar-refractivity contribution in [3.8, 4) is 0 Å². The van der Waals surface area contributed by atoms with Crippen LogP contribution in [0.3, 0.4) is 0 Å². The van der Waals surface area contributed by atoms with E-state index in [0.29, 0.717) is 5.92 Å². The summed E-state index contributed by atoms with van der Waals surface area (Å²) in [4.78, 5) is 27.4. The van der Waals surface area contributed by atoms with Crippen LogP contribution in [0.2, 0.25) is 0 Å². The molecule has 0 spiro atoms. The molecule has 4 rings (SSSR count). The van der Waals surface area contributed by atoms with Gasteiger partial charge in [-0.2, -0.15) is 0 Å². The third-order valence-corrected chi connectivity index (χ3v) is 6.19. The molecular formula is C23H31N3O2. The van der Waals surface area contributed by atoms with Crippen molar-refractivity contribution in [1.29, 1.82) is 0 Å². The standard InChI is InChI=1S/C23H31N3O2/c1-16(2)10-13-26-20-9-8-19(24-22(27)17-6-5-7-17)14-18(20)15-21(26)23(28)25-11-3-4-12-25/h8-9,14-17H,3-7,10-13H2,1-2H3,(H,24,27). The minimum absolute atomic E-state index is 0.123. The van der Waals surface area contributed by atoms with Crippen molar-refractivity contribution in [1.82, 2.24) is 9.47 Å². The largest absolute Gasteiger partial charge is 0.337 e. The number of anilines is 1. The van der Waals surface area contributed by atoms with E-state index in [1.54, 1.807) is 0 Å². The lowest BCUT2D eigenvalue weighted by Gasteiger charge is -2.24. The van der Waals surface area contributed by atoms with E-state index in [9.17, 15) is 9.59 Å². The lowest BCUT2D eigenvalue weighted by atomic mass is 9.85. The molecule has 1 saturated carbocycles. The van der Waals surface area contributed by atoms with Crippen LogP contribution >= 0.6 is 0 Å². The van der Waals surface area contributed by atoms with E-state index < -0.39 is 0 Å². The first-order valence-corrected chi connectivity index (χ1v) is 10.8. The summed E-state index contributed by atoms with van der Waals surface area (Å²) in [5, 5.41) is 4.08. The summed E-state index contributed by atoms with van der Waals surface area (Å²) in [6.07, 6.45) is 6.36. The van der Waals surface area contributed by atoms with Crippen LogP contribution in [0.4, 0.5) is 5.69 Å². The Morgan fingerprint density at radius 1 is 1.11 bits per heavy atom. The van der Waals surface area contributed by atoms with Gasteiger partial charge in [0.05, 0.1) is 0 Å². The first-order chi connectivity index (χ1) is 13.5. The highest BCUT2D eigenvalue weighted by atomic mass is 16.2. The first-order valence-electron chi connectivity index (χ1n) is 10.8. The molecule has 1 saturated heterocycles. The fraction of sp³-hybridized carbons (Fsp3) is 0.565. The normalized spacial score (nSPS) is 17.3. The van der Waals surface area contributed by atoms with E-state index >= 15 is 0 Å². The molecule has 1 N–H and O–H groups in total. The molecule has 2 heterocycles. The predicted octanol–water partition coefficient (Wildman–Crippen LogP) is 4.66. The Bertz CT molecular complexity index is 873. The summed E-state index contributed by atoms with van der Waals surface area (Å²) in [6.45, 7) is 6.97. The summed E-state index contributed by atoms with van der Waals surface area (Å²) in [5.74, 6) is 1.00. The van der Waals surface area contributed by atoms with Gasteiger partial charge < -0.3 is 14.8 Å². The molecule has 2 aliphatic rings. The Morgan fingerprint density at radius 3 is 2.50 bits per heavy atom. The number of rotatable bonds is 6. The summed E-state index contributed by atoms with van der Waals surface area (Å²) in [5.41, 5.74) is 2.68. The second kappa shape index (κ2) is 7.98. The number of carbonyl (C=O) groups is 2. The molecule has 1 aliphatic heterocycles. The second-order valence-corrected chi connectivity index (χ2v) is 8.75. The van der Waals surface area contributed by atoms with Gasteiger partial charge in [-0.1, -0.05) is 20.3 Å². The third-order valence-electron chi connectivity index (χ3n) is 6.19. The Balaban J connectivity index is 1.64. The molecule has 5 nitrogen and oxygen atoms in total. The van der Waals surface area contributed by atoms with Crippen LogP contribution in [0.15, 0.2) is 24.3 Å². The number of fused-ring (bicyclic) bond motifs is 1. The highest BCUT2D eigenvalue weighted by Crippen LogP contribution is 2.30. The zero-order chi connectivity index (χ0) is 19.7. The van der Waals surface area contributed by atoms with Gasteiger partial charge in [-0.3, -0.25) is 9.59 Å². The number of carbonyl (C=O) groups excluding carboxylic acids is 2. The van der Waals surface area contributed by atoms with Crippen LogP contribution < -0.4 is 5.32 Å². The Labute approximate surface area is 167 Å². The molecule has 5 heteroatoms. The molecular weight excluding hydrogens is 350 g/mol. The fourth-order valence-electron chi connectivity index (χ4n) is 4.15. The maximum atomic E-state index is 13.1. The number of likely N-dealkylation sites (tertiary alicyclic amines) is 1. The summed E-state index contributed by atoms with van der Waals surface area (Å²) in [6, 6.07) is 8.04. The van der Waals surface area contributed by atoms with Gasteiger partial charge in [-0.25, -0.2) is 0 Å². The zero-order valence-corrected chi connectivity index (χ0v) is 17.0. The van der Waals surface area contributed by atoms with Crippen LogP contribution in [0.25, 0.3) is 10.9 Å². The molecule has 150 valence electrons. The monoisotopic (exact) mass is 381 g/mol. The maximum absolute atomic E-state index is 13.1. The van der Waals surface area contributed by atoms with E-state index in [0.717, 1.165) is 80.4 Å². The minimum atomic E-state index is 0.123. The molecule has 0 unspecified atom stereocenters. The van der Waals surface area contributed by atoms with Crippen molar-refractivity contribution < 1.29 is 9.59 Å². The van der Waals surface area contributed by atoms with Gasteiger partial charge in [-0.15, -0.1) is 0 Å². The summed E-state index contributed by atoms with van der Waals surface area (Å²) < 4.78 is 2.17. The Kier molecular flexibility index (Phi) is 5.42. The van der Waals surface area contributed by atoms with Crippen LogP contribution in [0.5, 0.6) is 0 Å². The topological polar surface area (TPSA) is 54.3 Å². The van der Waals surface area contributed by atoms with Gasteiger partial charge in [0.25, 0.3) is 5.91 Å². The van der Waals surface area contributed by atoms with Crippen LogP contribution in [-0.4, -0.2) is 34.4 Å². The average molecular weight is 382 g/mol. The number of hydrogen-bond acceptors (Lipinski definition) is 2. The minimum Gasteiger partial charge on any atom is -0.337 e. The van der Waals surface area contributed by atoms with Gasteiger partial charge >= 0.3 is 0 Å². The van der Waals surface area contributed by atoms with Gasteiger partial charge in [0.1, 0.15) is 5.69 Å². The zero-order valence-electron chi connectivity index (χ0n) is 17.0. The van der Waals surface area contributed by atoms with E-state index in [4.69, 9.17) is 0 Å². The number of aryl methyl sites for hydroxylation is 1. The highest BCUT2D eigenvalue weighted by molar-refractivity contribution is 6.01. The number of nitrogens with zero attached hydrogens (tertiary/aromatic N) is 2. The smallest absolute Gasteiger partial charge is 0.270 e. The molecule has 2 aromatic rings. The van der Waals surface area contributed by atoms with Crippen LogP contribution in [-0.2, 0) is 11.3 Å². The molecule has 2 fully saturated rings. The predicted molar refractivity (Wildman–Crippen MR) is 113 cm³/mol. The lowest BCUT2D eigenvalue weighted by Crippen LogP contribution is -2.29. The van der Waals surface area contributed by atoms with Crippen molar-refractivity contribution in [2.45, 2.75) is 58.9 Å². The van der Waals surface area contributed by atoms with Crippen molar-refractivity contribution >= 4 is 28.4 Å². The second-order valence-electron chi connectivity index (χ2n) is 8.75. The molecule has 0 bridgehead atoms. The molecule has 0 atom stereocenters. The van der Waals surface area contributed by atoms with Crippen molar-refractivity contribution in [2.75, 3.05) is 18.4 Å². The number of hydrogen-bond donors (Lipinski definition) is 1. The highest BCUT2D eigenvalue weighted by Gasteiger charge is 2.26. The van der Waals surface area contributed by atoms with E-state index in [-0.39, 0.29) is 17.7 Å². The van der Waals surface area contributed by atoms with Gasteiger partial charge in [0.15, 0.2) is 0 Å². The SMILES string of the molecule is CC(C)CCn1c(C(=O)N2CCCC2)cc2cc(NC(=O)C3CCC3)ccc21. The van der Waals surface area contributed by atoms with E-state index in [1.165, 1.54) is 0 Å². The van der Waals surface area contributed by atoms with E-state index in [1.807, 2.05) is 29.2 Å². The molecule has 1 aromatic carbocycles. The van der Waals surface area contributed by atoms with Crippen LogP contribution in [0.1, 0.15) is 62.9 Å². The van der Waals surface area contributed by atoms with Crippen molar-refractivity contribution in [3.63, 3.8) is 0 Å². The first kappa shape index (κ1) is 19.0. The van der Waals surface area contributed by atoms with Crippen LogP contribution in [0, 0.1) is 11.8 Å². The molecule has 28 heavy (non-hydrogen) atoms. The average Bonchev–Trinajstić information content (AvgIpc) is 3.25. The van der Waals surface area contributed by atoms with E-state index in [2.05, 4.69) is 23.7 Å². The molecule has 1 aliphatic carbocycles. The van der Waals surface area contributed by atoms with Gasteiger partial charge in [0.2, 0.25) is 5.91 Å². The lowest BCUT2D eigenvalue weighted by molar-refractivity contribution is -0.122. The summed E-state index contributed by atoms with van der Waals surface area (Å²) >= 11 is 0. The molecule has 1 aromatic heterocycles. The number of amides is 2. The molecule has 2 amide bonds. The Morgan fingerprint density at radius 2 is 1.86 bits per heavy atom. The van der Waals surface area contributed by atoms with Crippen molar-refractivity contribution in [3.05, 3.63) is 30.0 Å². The Hall–Kier alpha value is -2.30. The maximum Gasteiger partial charge on any atom is 0.270 e. The van der Waals surface area contributed by atoms with Crippen molar-refractivity contribution in [2.24, 2.45) is 11.8 Å². The number of benzene rings is 1. The third kappa shape index (κ3) is 3.80. The summed E-state index contributed by atoms with van der Waals surface area (Å²) in [7, 11) is 0. The number of aromatic nitrogens is 1.